The molecule has 1 aliphatic rings. The molecule has 0 saturated heterocycles. The molecule has 3 heterocycles. The molecule has 3 aromatic rings. The van der Waals surface area contributed by atoms with E-state index in [1.54, 1.807) is 18.3 Å². The number of aromatic amines is 1. The number of carbonyl (C=O) groups is 1. The number of aryl methyl sites for hydroxylation is 1. The Bertz CT molecular complexity index is 920. The normalized spacial score (nSPS) is 13.7. The number of fused-ring (bicyclic) bond motifs is 2. The van der Waals surface area contributed by atoms with Crippen LogP contribution in [-0.2, 0) is 24.1 Å². The molecule has 0 aromatic carbocycles. The first-order valence-corrected chi connectivity index (χ1v) is 8.34. The number of rotatable bonds is 3. The zero-order valence-electron chi connectivity index (χ0n) is 13.0. The SMILES string of the molecule is O=C(Cc1n[nH]c2c1CCCC2)Nc1ccc2cc(Cl)cnc2n1. The smallest absolute Gasteiger partial charge is 0.231 e. The Morgan fingerprint density at radius 2 is 2.17 bits per heavy atom. The lowest BCUT2D eigenvalue weighted by Crippen LogP contribution is -2.17. The summed E-state index contributed by atoms with van der Waals surface area (Å²) in [5.41, 5.74) is 3.77. The van der Waals surface area contributed by atoms with Crippen LogP contribution in [0.5, 0.6) is 0 Å². The van der Waals surface area contributed by atoms with Crippen LogP contribution in [0.4, 0.5) is 5.82 Å². The summed E-state index contributed by atoms with van der Waals surface area (Å²) in [6.45, 7) is 0. The molecule has 0 bridgehead atoms. The fourth-order valence-electron chi connectivity index (χ4n) is 3.09. The van der Waals surface area contributed by atoms with Crippen molar-refractivity contribution in [2.45, 2.75) is 32.1 Å². The van der Waals surface area contributed by atoms with Gasteiger partial charge in [-0.3, -0.25) is 9.89 Å². The standard InChI is InChI=1S/C17H16ClN5O/c18-11-7-10-5-6-15(21-17(10)19-9-11)20-16(24)8-14-12-3-1-2-4-13(12)22-23-14/h5-7,9H,1-4,8H2,(H,22,23)(H,19,20,21,24). The first-order valence-electron chi connectivity index (χ1n) is 7.96. The van der Waals surface area contributed by atoms with E-state index in [1.165, 1.54) is 17.7 Å². The van der Waals surface area contributed by atoms with Gasteiger partial charge in [0.25, 0.3) is 0 Å². The Kier molecular flexibility index (Phi) is 3.90. The van der Waals surface area contributed by atoms with Gasteiger partial charge in [-0.15, -0.1) is 0 Å². The molecule has 7 heteroatoms. The summed E-state index contributed by atoms with van der Waals surface area (Å²) < 4.78 is 0. The van der Waals surface area contributed by atoms with Crippen molar-refractivity contribution in [1.29, 1.82) is 0 Å². The topological polar surface area (TPSA) is 83.6 Å². The molecule has 0 radical (unpaired) electrons. The number of H-pyrrole nitrogens is 1. The van der Waals surface area contributed by atoms with Crippen molar-refractivity contribution >= 4 is 34.4 Å². The summed E-state index contributed by atoms with van der Waals surface area (Å²) >= 11 is 5.91. The fraction of sp³-hybridized carbons (Fsp3) is 0.294. The van der Waals surface area contributed by atoms with Crippen LogP contribution in [-0.4, -0.2) is 26.1 Å². The molecule has 122 valence electrons. The highest BCUT2D eigenvalue weighted by Gasteiger charge is 2.18. The summed E-state index contributed by atoms with van der Waals surface area (Å²) in [7, 11) is 0. The van der Waals surface area contributed by atoms with Crippen LogP contribution < -0.4 is 5.32 Å². The van der Waals surface area contributed by atoms with Gasteiger partial charge in [-0.2, -0.15) is 5.10 Å². The van der Waals surface area contributed by atoms with Gasteiger partial charge < -0.3 is 5.32 Å². The molecule has 0 aliphatic heterocycles. The van der Waals surface area contributed by atoms with Crippen molar-refractivity contribution in [2.75, 3.05) is 5.32 Å². The second-order valence-corrected chi connectivity index (χ2v) is 6.39. The number of aromatic nitrogens is 4. The van der Waals surface area contributed by atoms with Gasteiger partial charge in [-0.05, 0) is 49.4 Å². The van der Waals surface area contributed by atoms with Crippen molar-refractivity contribution < 1.29 is 4.79 Å². The maximum atomic E-state index is 12.3. The summed E-state index contributed by atoms with van der Waals surface area (Å²) in [5, 5.41) is 11.6. The molecule has 2 N–H and O–H groups in total. The van der Waals surface area contributed by atoms with Gasteiger partial charge in [0.1, 0.15) is 5.82 Å². The average molecular weight is 342 g/mol. The van der Waals surface area contributed by atoms with Crippen LogP contribution in [0.15, 0.2) is 24.4 Å². The summed E-state index contributed by atoms with van der Waals surface area (Å²) in [4.78, 5) is 20.8. The highest BCUT2D eigenvalue weighted by Crippen LogP contribution is 2.23. The number of halogens is 1. The van der Waals surface area contributed by atoms with E-state index < -0.39 is 0 Å². The molecule has 24 heavy (non-hydrogen) atoms. The van der Waals surface area contributed by atoms with Crippen molar-refractivity contribution in [3.63, 3.8) is 0 Å². The zero-order chi connectivity index (χ0) is 16.5. The molecule has 0 fully saturated rings. The van der Waals surface area contributed by atoms with E-state index in [4.69, 9.17) is 11.6 Å². The van der Waals surface area contributed by atoms with Crippen LogP contribution in [0.3, 0.4) is 0 Å². The lowest BCUT2D eigenvalue weighted by atomic mass is 9.95. The van der Waals surface area contributed by atoms with E-state index in [0.717, 1.165) is 30.3 Å². The van der Waals surface area contributed by atoms with Gasteiger partial charge in [0.2, 0.25) is 5.91 Å². The van der Waals surface area contributed by atoms with Gasteiger partial charge in [0.15, 0.2) is 5.65 Å². The van der Waals surface area contributed by atoms with Crippen molar-refractivity contribution in [1.82, 2.24) is 20.2 Å². The fourth-order valence-corrected chi connectivity index (χ4v) is 3.25. The van der Waals surface area contributed by atoms with E-state index in [0.29, 0.717) is 16.5 Å². The Labute approximate surface area is 143 Å². The first-order chi connectivity index (χ1) is 11.7. The van der Waals surface area contributed by atoms with E-state index in [9.17, 15) is 4.79 Å². The predicted molar refractivity (Wildman–Crippen MR) is 92.1 cm³/mol. The zero-order valence-corrected chi connectivity index (χ0v) is 13.7. The Hall–Kier alpha value is -2.47. The maximum absolute atomic E-state index is 12.3. The summed E-state index contributed by atoms with van der Waals surface area (Å²) in [6, 6.07) is 5.38. The molecule has 4 rings (SSSR count). The minimum Gasteiger partial charge on any atom is -0.310 e. The number of hydrogen-bond donors (Lipinski definition) is 2. The third kappa shape index (κ3) is 2.97. The monoisotopic (exact) mass is 341 g/mol. The molecule has 0 unspecified atom stereocenters. The maximum Gasteiger partial charge on any atom is 0.231 e. The highest BCUT2D eigenvalue weighted by atomic mass is 35.5. The van der Waals surface area contributed by atoms with Gasteiger partial charge in [-0.25, -0.2) is 9.97 Å². The summed E-state index contributed by atoms with van der Waals surface area (Å²) in [6.07, 6.45) is 6.14. The lowest BCUT2D eigenvalue weighted by molar-refractivity contribution is -0.115. The molecule has 0 atom stereocenters. The number of anilines is 1. The van der Waals surface area contributed by atoms with Crippen molar-refractivity contribution in [3.05, 3.63) is 46.4 Å². The number of nitrogens with zero attached hydrogens (tertiary/aromatic N) is 3. The van der Waals surface area contributed by atoms with E-state index >= 15 is 0 Å². The second kappa shape index (κ2) is 6.20. The number of carbonyl (C=O) groups excluding carboxylic acids is 1. The number of hydrogen-bond acceptors (Lipinski definition) is 4. The van der Waals surface area contributed by atoms with E-state index in [1.807, 2.05) is 6.07 Å². The molecule has 1 amide bonds. The van der Waals surface area contributed by atoms with Gasteiger partial charge in [0, 0.05) is 17.3 Å². The Balaban J connectivity index is 1.50. The molecular weight excluding hydrogens is 326 g/mol. The van der Waals surface area contributed by atoms with Crippen LogP contribution in [0.1, 0.15) is 29.8 Å². The lowest BCUT2D eigenvalue weighted by Gasteiger charge is -2.11. The largest absolute Gasteiger partial charge is 0.310 e. The van der Waals surface area contributed by atoms with Gasteiger partial charge in [-0.1, -0.05) is 11.6 Å². The quantitative estimate of drug-likeness (QED) is 0.766. The first kappa shape index (κ1) is 15.1. The van der Waals surface area contributed by atoms with Crippen molar-refractivity contribution in [2.24, 2.45) is 0 Å². The number of amides is 1. The molecule has 0 saturated carbocycles. The Morgan fingerprint density at radius 3 is 3.08 bits per heavy atom. The minimum atomic E-state index is -0.129. The molecule has 1 aliphatic carbocycles. The molecule has 6 nitrogen and oxygen atoms in total. The van der Waals surface area contributed by atoms with Gasteiger partial charge >= 0.3 is 0 Å². The van der Waals surface area contributed by atoms with E-state index in [2.05, 4.69) is 25.5 Å². The van der Waals surface area contributed by atoms with E-state index in [-0.39, 0.29) is 12.3 Å². The predicted octanol–water partition coefficient (Wildman–Crippen LogP) is 3.07. The van der Waals surface area contributed by atoms with Crippen LogP contribution in [0.25, 0.3) is 11.0 Å². The molecular formula is C17H16ClN5O. The third-order valence-electron chi connectivity index (χ3n) is 4.25. The minimum absolute atomic E-state index is 0.129. The molecule has 0 spiro atoms. The number of nitrogens with one attached hydrogen (secondary N) is 2. The number of pyridine rings is 2. The van der Waals surface area contributed by atoms with Crippen LogP contribution in [0.2, 0.25) is 5.02 Å². The third-order valence-corrected chi connectivity index (χ3v) is 4.45. The molecule has 3 aromatic heterocycles. The van der Waals surface area contributed by atoms with Crippen LogP contribution in [0, 0.1) is 0 Å². The Morgan fingerprint density at radius 1 is 1.29 bits per heavy atom. The van der Waals surface area contributed by atoms with Crippen molar-refractivity contribution in [3.8, 4) is 0 Å². The summed E-state index contributed by atoms with van der Waals surface area (Å²) in [5.74, 6) is 0.349. The van der Waals surface area contributed by atoms with Gasteiger partial charge in [0.05, 0.1) is 17.1 Å². The van der Waals surface area contributed by atoms with Crippen LogP contribution >= 0.6 is 11.6 Å². The highest BCUT2D eigenvalue weighted by molar-refractivity contribution is 6.31. The second-order valence-electron chi connectivity index (χ2n) is 5.96. The average Bonchev–Trinajstić information content (AvgIpc) is 2.98.